The Labute approximate surface area is 130 Å². The highest BCUT2D eigenvalue weighted by Gasteiger charge is 2.47. The van der Waals surface area contributed by atoms with E-state index in [1.807, 2.05) is 12.1 Å². The van der Waals surface area contributed by atoms with Crippen LogP contribution in [0.1, 0.15) is 36.4 Å². The molecule has 0 radical (unpaired) electrons. The van der Waals surface area contributed by atoms with Crippen LogP contribution < -0.4 is 11.1 Å². The van der Waals surface area contributed by atoms with Crippen molar-refractivity contribution in [2.75, 3.05) is 13.7 Å². The van der Waals surface area contributed by atoms with E-state index in [-0.39, 0.29) is 23.5 Å². The average Bonchev–Trinajstić information content (AvgIpc) is 2.84. The largest absolute Gasteiger partial charge is 0.377 e. The van der Waals surface area contributed by atoms with Gasteiger partial charge >= 0.3 is 0 Å². The number of ether oxygens (including phenoxy) is 1. The molecule has 0 spiro atoms. The zero-order chi connectivity index (χ0) is 15.0. The Bertz CT molecular complexity index is 549. The van der Waals surface area contributed by atoms with E-state index in [1.165, 1.54) is 5.56 Å². The lowest BCUT2D eigenvalue weighted by molar-refractivity contribution is -0.145. The van der Waals surface area contributed by atoms with Gasteiger partial charge in [-0.1, -0.05) is 23.7 Å². The minimum atomic E-state index is -0.293. The quantitative estimate of drug-likeness (QED) is 0.896. The number of nitrogens with one attached hydrogen (secondary N) is 1. The summed E-state index contributed by atoms with van der Waals surface area (Å²) in [5.74, 6) is 0.116. The molecule has 5 heteroatoms. The molecule has 0 bridgehead atoms. The van der Waals surface area contributed by atoms with Crippen LogP contribution in [0.5, 0.6) is 0 Å². The zero-order valence-corrected chi connectivity index (χ0v) is 13.0. The second kappa shape index (κ2) is 5.59. The highest BCUT2D eigenvalue weighted by atomic mass is 35.5. The lowest BCUT2D eigenvalue weighted by Gasteiger charge is -2.45. The molecule has 3 rings (SSSR count). The molecule has 0 unspecified atom stereocenters. The standard InChI is InChI=1S/C16H21ClN2O2/c1-21-16(9-18)7-10(8-16)15(20)19-14-6-5-11-12(14)3-2-4-13(11)17/h2-4,10,14H,5-9,18H2,1H3,(H,19,20)/t10?,14-,16?/m1/s1. The molecule has 0 aromatic heterocycles. The fourth-order valence-corrected chi connectivity index (χ4v) is 3.77. The molecule has 1 fully saturated rings. The molecule has 2 aliphatic rings. The third-order valence-corrected chi connectivity index (χ3v) is 5.30. The maximum atomic E-state index is 12.4. The van der Waals surface area contributed by atoms with Crippen LogP contribution in [0.3, 0.4) is 0 Å². The molecule has 114 valence electrons. The van der Waals surface area contributed by atoms with Crippen LogP contribution >= 0.6 is 11.6 Å². The van der Waals surface area contributed by atoms with Crippen molar-refractivity contribution < 1.29 is 9.53 Å². The van der Waals surface area contributed by atoms with Crippen LogP contribution in [0, 0.1) is 5.92 Å². The predicted octanol–water partition coefficient (Wildman–Crippen LogP) is 2.20. The van der Waals surface area contributed by atoms with Crippen LogP contribution in [0.15, 0.2) is 18.2 Å². The number of amides is 1. The number of fused-ring (bicyclic) bond motifs is 1. The van der Waals surface area contributed by atoms with E-state index in [1.54, 1.807) is 7.11 Å². The summed E-state index contributed by atoms with van der Waals surface area (Å²) in [5.41, 5.74) is 7.75. The number of halogens is 1. The van der Waals surface area contributed by atoms with Gasteiger partial charge in [-0.15, -0.1) is 0 Å². The molecule has 1 amide bonds. The van der Waals surface area contributed by atoms with E-state index >= 15 is 0 Å². The zero-order valence-electron chi connectivity index (χ0n) is 12.2. The molecule has 3 N–H and O–H groups in total. The molecule has 1 aromatic rings. The van der Waals surface area contributed by atoms with E-state index < -0.39 is 0 Å². The molecule has 0 saturated heterocycles. The Kier molecular flexibility index (Phi) is 3.95. The van der Waals surface area contributed by atoms with Gasteiger partial charge in [0, 0.05) is 24.6 Å². The normalized spacial score (nSPS) is 30.6. The maximum absolute atomic E-state index is 12.4. The van der Waals surface area contributed by atoms with Crippen molar-refractivity contribution in [1.29, 1.82) is 0 Å². The second-order valence-electron chi connectivity index (χ2n) is 6.10. The first kappa shape index (κ1) is 14.8. The van der Waals surface area contributed by atoms with Crippen LogP contribution in [0.4, 0.5) is 0 Å². The minimum Gasteiger partial charge on any atom is -0.377 e. The van der Waals surface area contributed by atoms with Gasteiger partial charge in [0.25, 0.3) is 0 Å². The van der Waals surface area contributed by atoms with Crippen molar-refractivity contribution in [3.8, 4) is 0 Å². The summed E-state index contributed by atoms with van der Waals surface area (Å²) in [6, 6.07) is 5.99. The molecule has 1 atom stereocenters. The van der Waals surface area contributed by atoms with Gasteiger partial charge in [-0.05, 0) is 42.9 Å². The lowest BCUT2D eigenvalue weighted by Crippen LogP contribution is -2.55. The van der Waals surface area contributed by atoms with Gasteiger partial charge in [0.15, 0.2) is 0 Å². The summed E-state index contributed by atoms with van der Waals surface area (Å²) in [6.45, 7) is 0.467. The number of hydrogen-bond acceptors (Lipinski definition) is 3. The monoisotopic (exact) mass is 308 g/mol. The van der Waals surface area contributed by atoms with Gasteiger partial charge in [-0.2, -0.15) is 0 Å². The molecule has 1 aromatic carbocycles. The number of rotatable bonds is 4. The Morgan fingerprint density at radius 1 is 1.52 bits per heavy atom. The van der Waals surface area contributed by atoms with E-state index in [0.29, 0.717) is 19.4 Å². The summed E-state index contributed by atoms with van der Waals surface area (Å²) in [4.78, 5) is 12.4. The van der Waals surface area contributed by atoms with Gasteiger partial charge in [-0.3, -0.25) is 4.79 Å². The molecule has 0 aliphatic heterocycles. The van der Waals surface area contributed by atoms with Crippen molar-refractivity contribution in [2.45, 2.75) is 37.3 Å². The molecule has 1 saturated carbocycles. The summed E-state index contributed by atoms with van der Waals surface area (Å²) >= 11 is 6.20. The number of carbonyl (C=O) groups excluding carboxylic acids is 1. The van der Waals surface area contributed by atoms with Crippen molar-refractivity contribution >= 4 is 17.5 Å². The van der Waals surface area contributed by atoms with E-state index in [9.17, 15) is 4.79 Å². The number of hydrogen-bond donors (Lipinski definition) is 2. The Hall–Kier alpha value is -1.10. The summed E-state index contributed by atoms with van der Waals surface area (Å²) in [5, 5.41) is 3.96. The fraction of sp³-hybridized carbons (Fsp3) is 0.562. The number of benzene rings is 1. The topological polar surface area (TPSA) is 64.3 Å². The third kappa shape index (κ3) is 2.56. The highest BCUT2D eigenvalue weighted by molar-refractivity contribution is 6.31. The third-order valence-electron chi connectivity index (χ3n) is 4.94. The number of methoxy groups -OCH3 is 1. The van der Waals surface area contributed by atoms with Gasteiger partial charge in [0.05, 0.1) is 11.6 Å². The van der Waals surface area contributed by atoms with Gasteiger partial charge in [0.1, 0.15) is 0 Å². The Morgan fingerprint density at radius 2 is 2.29 bits per heavy atom. The Balaban J connectivity index is 1.62. The van der Waals surface area contributed by atoms with Crippen LogP contribution in [0.25, 0.3) is 0 Å². The highest BCUT2D eigenvalue weighted by Crippen LogP contribution is 2.41. The summed E-state index contributed by atoms with van der Waals surface area (Å²) < 4.78 is 5.42. The van der Waals surface area contributed by atoms with Crippen LogP contribution in [0.2, 0.25) is 5.02 Å². The average molecular weight is 309 g/mol. The van der Waals surface area contributed by atoms with Crippen molar-refractivity contribution in [2.24, 2.45) is 11.7 Å². The summed E-state index contributed by atoms with van der Waals surface area (Å²) in [6.07, 6.45) is 3.27. The van der Waals surface area contributed by atoms with E-state index in [0.717, 1.165) is 23.4 Å². The van der Waals surface area contributed by atoms with Gasteiger partial charge in [0.2, 0.25) is 5.91 Å². The SMILES string of the molecule is COC1(CN)CC(C(=O)N[C@@H]2CCc3c(Cl)cccc32)C1. The Morgan fingerprint density at radius 3 is 2.95 bits per heavy atom. The first-order chi connectivity index (χ1) is 10.1. The second-order valence-corrected chi connectivity index (χ2v) is 6.51. The van der Waals surface area contributed by atoms with Gasteiger partial charge in [-0.25, -0.2) is 0 Å². The molecule has 4 nitrogen and oxygen atoms in total. The van der Waals surface area contributed by atoms with Crippen LogP contribution in [-0.4, -0.2) is 25.2 Å². The van der Waals surface area contributed by atoms with Gasteiger partial charge < -0.3 is 15.8 Å². The van der Waals surface area contributed by atoms with Crippen molar-refractivity contribution in [3.05, 3.63) is 34.3 Å². The molecule has 0 heterocycles. The molecule has 2 aliphatic carbocycles. The fourth-order valence-electron chi connectivity index (χ4n) is 3.49. The van der Waals surface area contributed by atoms with E-state index in [2.05, 4.69) is 11.4 Å². The predicted molar refractivity (Wildman–Crippen MR) is 82.2 cm³/mol. The summed E-state index contributed by atoms with van der Waals surface area (Å²) in [7, 11) is 1.66. The number of nitrogens with two attached hydrogens (primary N) is 1. The van der Waals surface area contributed by atoms with Crippen molar-refractivity contribution in [3.63, 3.8) is 0 Å². The van der Waals surface area contributed by atoms with Crippen LogP contribution in [-0.2, 0) is 16.0 Å². The molecular weight excluding hydrogens is 288 g/mol. The lowest BCUT2D eigenvalue weighted by atomic mass is 9.70. The first-order valence-corrected chi connectivity index (χ1v) is 7.79. The van der Waals surface area contributed by atoms with E-state index in [4.69, 9.17) is 22.1 Å². The minimum absolute atomic E-state index is 0.0109. The molecular formula is C16H21ClN2O2. The first-order valence-electron chi connectivity index (χ1n) is 7.41. The smallest absolute Gasteiger partial charge is 0.223 e. The number of carbonyl (C=O) groups is 1. The maximum Gasteiger partial charge on any atom is 0.223 e. The van der Waals surface area contributed by atoms with Crippen molar-refractivity contribution in [1.82, 2.24) is 5.32 Å². The molecule has 21 heavy (non-hydrogen) atoms.